The molecule has 2 N–H and O–H groups in total. The Hall–Kier alpha value is -1.42. The fourth-order valence-electron chi connectivity index (χ4n) is 1.41. The average Bonchev–Trinajstić information content (AvgIpc) is 2.30. The van der Waals surface area contributed by atoms with E-state index in [4.69, 9.17) is 0 Å². The lowest BCUT2D eigenvalue weighted by atomic mass is 10.1. The lowest BCUT2D eigenvalue weighted by Gasteiger charge is -2.13. The SMILES string of the molecule is CCNCCC(=O)NC(C)c1cccnc1. The molecule has 0 aromatic carbocycles. The second-order valence-corrected chi connectivity index (χ2v) is 3.68. The fourth-order valence-corrected chi connectivity index (χ4v) is 1.41. The van der Waals surface area contributed by atoms with Gasteiger partial charge in [0.1, 0.15) is 0 Å². The highest BCUT2D eigenvalue weighted by Gasteiger charge is 2.08. The largest absolute Gasteiger partial charge is 0.349 e. The minimum Gasteiger partial charge on any atom is -0.349 e. The molecule has 0 spiro atoms. The molecule has 0 radical (unpaired) electrons. The second-order valence-electron chi connectivity index (χ2n) is 3.68. The van der Waals surface area contributed by atoms with Gasteiger partial charge in [-0.15, -0.1) is 0 Å². The van der Waals surface area contributed by atoms with Crippen molar-refractivity contribution in [2.75, 3.05) is 13.1 Å². The van der Waals surface area contributed by atoms with Crippen molar-refractivity contribution in [3.8, 4) is 0 Å². The van der Waals surface area contributed by atoms with Crippen LogP contribution in [0.2, 0.25) is 0 Å². The van der Waals surface area contributed by atoms with Crippen molar-refractivity contribution in [2.45, 2.75) is 26.3 Å². The van der Waals surface area contributed by atoms with Crippen LogP contribution in [0.25, 0.3) is 0 Å². The lowest BCUT2D eigenvalue weighted by molar-refractivity contribution is -0.121. The van der Waals surface area contributed by atoms with Crippen LogP contribution < -0.4 is 10.6 Å². The smallest absolute Gasteiger partial charge is 0.221 e. The molecule has 0 saturated carbocycles. The molecule has 1 amide bonds. The van der Waals surface area contributed by atoms with Gasteiger partial charge in [-0.1, -0.05) is 13.0 Å². The molecule has 1 aromatic heterocycles. The normalized spacial score (nSPS) is 12.1. The third kappa shape index (κ3) is 4.40. The Labute approximate surface area is 96.5 Å². The summed E-state index contributed by atoms with van der Waals surface area (Å²) in [4.78, 5) is 15.6. The van der Waals surface area contributed by atoms with Crippen LogP contribution in [0, 0.1) is 0 Å². The minimum absolute atomic E-state index is 0.0165. The first-order valence-corrected chi connectivity index (χ1v) is 5.64. The molecule has 16 heavy (non-hydrogen) atoms. The molecule has 0 aliphatic heterocycles. The molecule has 4 heteroatoms. The number of nitrogens with zero attached hydrogens (tertiary/aromatic N) is 1. The highest BCUT2D eigenvalue weighted by atomic mass is 16.1. The van der Waals surface area contributed by atoms with Gasteiger partial charge < -0.3 is 10.6 Å². The molecule has 0 fully saturated rings. The summed E-state index contributed by atoms with van der Waals surface area (Å²) in [5, 5.41) is 6.06. The monoisotopic (exact) mass is 221 g/mol. The van der Waals surface area contributed by atoms with E-state index in [-0.39, 0.29) is 11.9 Å². The maximum absolute atomic E-state index is 11.5. The molecule has 0 aliphatic carbocycles. The molecule has 0 aliphatic rings. The van der Waals surface area contributed by atoms with Crippen molar-refractivity contribution in [2.24, 2.45) is 0 Å². The van der Waals surface area contributed by atoms with Crippen molar-refractivity contribution in [1.29, 1.82) is 0 Å². The first-order chi connectivity index (χ1) is 7.74. The second kappa shape index (κ2) is 6.95. The third-order valence-electron chi connectivity index (χ3n) is 2.34. The Morgan fingerprint density at radius 1 is 1.56 bits per heavy atom. The molecular weight excluding hydrogens is 202 g/mol. The Balaban J connectivity index is 2.34. The van der Waals surface area contributed by atoms with Gasteiger partial charge in [-0.25, -0.2) is 0 Å². The van der Waals surface area contributed by atoms with Gasteiger partial charge in [-0.3, -0.25) is 9.78 Å². The number of hydrogen-bond donors (Lipinski definition) is 2. The van der Waals surface area contributed by atoms with E-state index in [0.29, 0.717) is 6.42 Å². The van der Waals surface area contributed by atoms with Crippen LogP contribution >= 0.6 is 0 Å². The fraction of sp³-hybridized carbons (Fsp3) is 0.500. The Kier molecular flexibility index (Phi) is 5.50. The lowest BCUT2D eigenvalue weighted by Crippen LogP contribution is -2.29. The summed E-state index contributed by atoms with van der Waals surface area (Å²) in [5.74, 6) is 0.0669. The summed E-state index contributed by atoms with van der Waals surface area (Å²) in [6.07, 6.45) is 4.01. The van der Waals surface area contributed by atoms with E-state index >= 15 is 0 Å². The molecule has 88 valence electrons. The van der Waals surface area contributed by atoms with Crippen LogP contribution in [0.4, 0.5) is 0 Å². The number of hydrogen-bond acceptors (Lipinski definition) is 3. The Morgan fingerprint density at radius 2 is 2.38 bits per heavy atom. The summed E-state index contributed by atoms with van der Waals surface area (Å²) in [7, 11) is 0. The average molecular weight is 221 g/mol. The highest BCUT2D eigenvalue weighted by Crippen LogP contribution is 2.09. The van der Waals surface area contributed by atoms with Crippen molar-refractivity contribution in [3.05, 3.63) is 30.1 Å². The first kappa shape index (κ1) is 12.6. The van der Waals surface area contributed by atoms with E-state index in [1.54, 1.807) is 12.4 Å². The summed E-state index contributed by atoms with van der Waals surface area (Å²) in [6.45, 7) is 5.60. The van der Waals surface area contributed by atoms with Crippen molar-refractivity contribution in [1.82, 2.24) is 15.6 Å². The van der Waals surface area contributed by atoms with Crippen LogP contribution in [-0.2, 0) is 4.79 Å². The predicted octanol–water partition coefficient (Wildman–Crippen LogP) is 1.26. The van der Waals surface area contributed by atoms with Gasteiger partial charge in [0, 0.05) is 25.4 Å². The van der Waals surface area contributed by atoms with Crippen LogP contribution in [0.15, 0.2) is 24.5 Å². The topological polar surface area (TPSA) is 54.0 Å². The minimum atomic E-state index is 0.0165. The van der Waals surface area contributed by atoms with Gasteiger partial charge in [0.15, 0.2) is 0 Å². The zero-order chi connectivity index (χ0) is 11.8. The van der Waals surface area contributed by atoms with E-state index < -0.39 is 0 Å². The zero-order valence-corrected chi connectivity index (χ0v) is 9.86. The number of carbonyl (C=O) groups excluding carboxylic acids is 1. The summed E-state index contributed by atoms with van der Waals surface area (Å²) < 4.78 is 0. The van der Waals surface area contributed by atoms with Crippen LogP contribution in [0.1, 0.15) is 31.9 Å². The number of nitrogens with one attached hydrogen (secondary N) is 2. The molecule has 0 bridgehead atoms. The molecule has 1 unspecified atom stereocenters. The van der Waals surface area contributed by atoms with E-state index in [2.05, 4.69) is 15.6 Å². The highest BCUT2D eigenvalue weighted by molar-refractivity contribution is 5.76. The number of pyridine rings is 1. The van der Waals surface area contributed by atoms with Gasteiger partial charge >= 0.3 is 0 Å². The van der Waals surface area contributed by atoms with Gasteiger partial charge in [0.05, 0.1) is 6.04 Å². The van der Waals surface area contributed by atoms with Crippen molar-refractivity contribution >= 4 is 5.91 Å². The number of aromatic nitrogens is 1. The predicted molar refractivity (Wildman–Crippen MR) is 64.0 cm³/mol. The third-order valence-corrected chi connectivity index (χ3v) is 2.34. The van der Waals surface area contributed by atoms with Gasteiger partial charge in [0.25, 0.3) is 0 Å². The van der Waals surface area contributed by atoms with E-state index in [0.717, 1.165) is 18.7 Å². The van der Waals surface area contributed by atoms with E-state index in [1.165, 1.54) is 0 Å². The molecule has 0 saturated heterocycles. The molecule has 1 rings (SSSR count). The summed E-state index contributed by atoms with van der Waals surface area (Å²) in [5.41, 5.74) is 1.03. The molecule has 1 aromatic rings. The van der Waals surface area contributed by atoms with Gasteiger partial charge in [-0.05, 0) is 25.1 Å². The standard InChI is InChI=1S/C12H19N3O/c1-3-13-8-6-12(16)15-10(2)11-5-4-7-14-9-11/h4-5,7,9-10,13H,3,6,8H2,1-2H3,(H,15,16). The number of rotatable bonds is 6. The van der Waals surface area contributed by atoms with Crippen molar-refractivity contribution < 1.29 is 4.79 Å². The quantitative estimate of drug-likeness (QED) is 0.711. The molecule has 1 atom stereocenters. The van der Waals surface area contributed by atoms with Crippen LogP contribution in [0.3, 0.4) is 0 Å². The van der Waals surface area contributed by atoms with Gasteiger partial charge in [0.2, 0.25) is 5.91 Å². The van der Waals surface area contributed by atoms with Crippen molar-refractivity contribution in [3.63, 3.8) is 0 Å². The van der Waals surface area contributed by atoms with E-state index in [1.807, 2.05) is 26.0 Å². The Bertz CT molecular complexity index is 313. The number of amides is 1. The first-order valence-electron chi connectivity index (χ1n) is 5.64. The Morgan fingerprint density at radius 3 is 3.00 bits per heavy atom. The summed E-state index contributed by atoms with van der Waals surface area (Å²) in [6, 6.07) is 3.85. The van der Waals surface area contributed by atoms with E-state index in [9.17, 15) is 4.79 Å². The van der Waals surface area contributed by atoms with Crippen LogP contribution in [-0.4, -0.2) is 24.0 Å². The molecule has 4 nitrogen and oxygen atoms in total. The molecule has 1 heterocycles. The zero-order valence-electron chi connectivity index (χ0n) is 9.86. The molecular formula is C12H19N3O. The maximum Gasteiger partial charge on any atom is 0.221 e. The summed E-state index contributed by atoms with van der Waals surface area (Å²) >= 11 is 0. The van der Waals surface area contributed by atoms with Crippen LogP contribution in [0.5, 0.6) is 0 Å². The maximum atomic E-state index is 11.5. The van der Waals surface area contributed by atoms with Gasteiger partial charge in [-0.2, -0.15) is 0 Å². The number of carbonyl (C=O) groups is 1.